The first-order valence-corrected chi connectivity index (χ1v) is 4.55. The monoisotopic (exact) mass is 143 g/mol. The van der Waals surface area contributed by atoms with Crippen molar-refractivity contribution in [2.45, 2.75) is 34.1 Å². The molecule has 1 fully saturated rings. The number of likely N-dealkylation sites (tertiary alicyclic amines) is 1. The van der Waals surface area contributed by atoms with Gasteiger partial charge in [0.25, 0.3) is 0 Å². The van der Waals surface area contributed by atoms with E-state index in [9.17, 15) is 0 Å². The van der Waals surface area contributed by atoms with E-state index in [4.69, 9.17) is 0 Å². The fraction of sp³-hybridized carbons (Fsp3) is 1.00. The van der Waals surface area contributed by atoms with Gasteiger partial charge < -0.3 is 4.90 Å². The lowest BCUT2D eigenvalue weighted by atomic mass is 10.2. The lowest BCUT2D eigenvalue weighted by molar-refractivity contribution is 0.346. The smallest absolute Gasteiger partial charge is 0.000738 e. The minimum atomic E-state index is 0.954. The van der Waals surface area contributed by atoms with E-state index < -0.39 is 0 Å². The van der Waals surface area contributed by atoms with E-state index in [1.165, 1.54) is 26.1 Å². The highest BCUT2D eigenvalue weighted by molar-refractivity contribution is 4.70. The van der Waals surface area contributed by atoms with Gasteiger partial charge in [0.15, 0.2) is 0 Å². The van der Waals surface area contributed by atoms with Crippen LogP contribution in [0.4, 0.5) is 0 Å². The molecule has 1 aliphatic rings. The van der Waals surface area contributed by atoms with E-state index in [0.717, 1.165) is 5.92 Å². The van der Waals surface area contributed by atoms with E-state index >= 15 is 0 Å². The molecule has 1 aliphatic heterocycles. The van der Waals surface area contributed by atoms with Crippen LogP contribution in [0, 0.1) is 5.92 Å². The number of rotatable bonds is 1. The molecule has 1 atom stereocenters. The predicted molar refractivity (Wildman–Crippen MR) is 47.2 cm³/mol. The normalized spacial score (nSPS) is 25.8. The molecular formula is C9H21N. The molecule has 0 unspecified atom stereocenters. The molecule has 0 aliphatic carbocycles. The Morgan fingerprint density at radius 2 is 2.00 bits per heavy atom. The molecule has 0 aromatic carbocycles. The van der Waals surface area contributed by atoms with E-state index in [2.05, 4.69) is 18.7 Å². The van der Waals surface area contributed by atoms with Gasteiger partial charge in [-0.2, -0.15) is 0 Å². The van der Waals surface area contributed by atoms with Crippen LogP contribution in [0.15, 0.2) is 0 Å². The van der Waals surface area contributed by atoms with Crippen LogP contribution in [0.3, 0.4) is 0 Å². The Hall–Kier alpha value is -0.0400. The Bertz CT molecular complexity index is 71.1. The summed E-state index contributed by atoms with van der Waals surface area (Å²) in [4.78, 5) is 2.50. The van der Waals surface area contributed by atoms with Gasteiger partial charge in [0.2, 0.25) is 0 Å². The molecule has 0 bridgehead atoms. The summed E-state index contributed by atoms with van der Waals surface area (Å²) in [5.41, 5.74) is 0. The van der Waals surface area contributed by atoms with Gasteiger partial charge >= 0.3 is 0 Å². The van der Waals surface area contributed by atoms with Crippen molar-refractivity contribution in [3.8, 4) is 0 Å². The highest BCUT2D eigenvalue weighted by atomic mass is 15.1. The summed E-state index contributed by atoms with van der Waals surface area (Å²) >= 11 is 0. The van der Waals surface area contributed by atoms with Gasteiger partial charge in [0.05, 0.1) is 0 Å². The second kappa shape index (κ2) is 5.72. The van der Waals surface area contributed by atoms with Crippen molar-refractivity contribution >= 4 is 0 Å². The summed E-state index contributed by atoms with van der Waals surface area (Å²) in [5, 5.41) is 0. The number of hydrogen-bond donors (Lipinski definition) is 0. The van der Waals surface area contributed by atoms with Crippen molar-refractivity contribution in [3.63, 3.8) is 0 Å². The van der Waals surface area contributed by atoms with Crippen molar-refractivity contribution < 1.29 is 0 Å². The highest BCUT2D eigenvalue weighted by Gasteiger charge is 2.15. The molecule has 62 valence electrons. The standard InChI is InChI=1S/C7H15N.C2H6/c1-3-8-5-4-7(2)6-8;1-2/h7H,3-6H2,1-2H3;1-2H3/t7-;/m0./s1. The van der Waals surface area contributed by atoms with Crippen molar-refractivity contribution in [2.75, 3.05) is 19.6 Å². The van der Waals surface area contributed by atoms with Crippen LogP contribution in [-0.4, -0.2) is 24.5 Å². The zero-order valence-corrected chi connectivity index (χ0v) is 7.85. The molecule has 0 aromatic heterocycles. The summed E-state index contributed by atoms with van der Waals surface area (Å²) in [6.07, 6.45) is 1.41. The van der Waals surface area contributed by atoms with Gasteiger partial charge in [-0.1, -0.05) is 27.7 Å². The SMILES string of the molecule is CC.CCN1CC[C@H](C)C1. The predicted octanol–water partition coefficient (Wildman–Crippen LogP) is 2.37. The second-order valence-corrected chi connectivity index (χ2v) is 2.79. The summed E-state index contributed by atoms with van der Waals surface area (Å²) < 4.78 is 0. The molecule has 0 saturated carbocycles. The van der Waals surface area contributed by atoms with Crippen molar-refractivity contribution in [3.05, 3.63) is 0 Å². The Balaban J connectivity index is 0.000000371. The van der Waals surface area contributed by atoms with Crippen molar-refractivity contribution in [1.82, 2.24) is 4.90 Å². The molecule has 1 rings (SSSR count). The Morgan fingerprint density at radius 3 is 2.20 bits per heavy atom. The van der Waals surface area contributed by atoms with Crippen LogP contribution in [0.5, 0.6) is 0 Å². The zero-order chi connectivity index (χ0) is 7.98. The minimum Gasteiger partial charge on any atom is -0.303 e. The van der Waals surface area contributed by atoms with E-state index in [-0.39, 0.29) is 0 Å². The summed E-state index contributed by atoms with van der Waals surface area (Å²) in [6.45, 7) is 12.5. The topological polar surface area (TPSA) is 3.24 Å². The van der Waals surface area contributed by atoms with Crippen LogP contribution in [-0.2, 0) is 0 Å². The summed E-state index contributed by atoms with van der Waals surface area (Å²) in [5.74, 6) is 0.954. The van der Waals surface area contributed by atoms with Gasteiger partial charge in [-0.25, -0.2) is 0 Å². The van der Waals surface area contributed by atoms with Crippen LogP contribution < -0.4 is 0 Å². The van der Waals surface area contributed by atoms with Crippen LogP contribution in [0.2, 0.25) is 0 Å². The van der Waals surface area contributed by atoms with Crippen molar-refractivity contribution in [1.29, 1.82) is 0 Å². The molecule has 1 saturated heterocycles. The fourth-order valence-corrected chi connectivity index (χ4v) is 1.31. The Morgan fingerprint density at radius 1 is 1.40 bits per heavy atom. The van der Waals surface area contributed by atoms with E-state index in [1.54, 1.807) is 0 Å². The molecule has 0 aromatic rings. The maximum absolute atomic E-state index is 2.50. The third kappa shape index (κ3) is 3.21. The van der Waals surface area contributed by atoms with E-state index in [0.29, 0.717) is 0 Å². The second-order valence-electron chi connectivity index (χ2n) is 2.79. The third-order valence-corrected chi connectivity index (χ3v) is 1.96. The van der Waals surface area contributed by atoms with Crippen LogP contribution in [0.25, 0.3) is 0 Å². The first-order chi connectivity index (χ1) is 4.83. The Labute approximate surface area is 65.4 Å². The van der Waals surface area contributed by atoms with Gasteiger partial charge in [-0.3, -0.25) is 0 Å². The van der Waals surface area contributed by atoms with Gasteiger partial charge in [-0.15, -0.1) is 0 Å². The third-order valence-electron chi connectivity index (χ3n) is 1.96. The number of hydrogen-bond acceptors (Lipinski definition) is 1. The van der Waals surface area contributed by atoms with Gasteiger partial charge in [0, 0.05) is 6.54 Å². The molecule has 10 heavy (non-hydrogen) atoms. The quantitative estimate of drug-likeness (QED) is 0.544. The molecule has 1 heteroatoms. The molecule has 1 heterocycles. The molecule has 0 radical (unpaired) electrons. The van der Waals surface area contributed by atoms with Gasteiger partial charge in [0.1, 0.15) is 0 Å². The average molecular weight is 143 g/mol. The first kappa shape index (κ1) is 9.96. The minimum absolute atomic E-state index is 0.954. The molecule has 0 spiro atoms. The summed E-state index contributed by atoms with van der Waals surface area (Å²) in [6, 6.07) is 0. The highest BCUT2D eigenvalue weighted by Crippen LogP contribution is 2.13. The summed E-state index contributed by atoms with van der Waals surface area (Å²) in [7, 11) is 0. The van der Waals surface area contributed by atoms with Crippen LogP contribution >= 0.6 is 0 Å². The van der Waals surface area contributed by atoms with Gasteiger partial charge in [-0.05, 0) is 25.4 Å². The van der Waals surface area contributed by atoms with Crippen molar-refractivity contribution in [2.24, 2.45) is 5.92 Å². The molecule has 0 N–H and O–H groups in total. The Kier molecular flexibility index (Phi) is 5.70. The molecule has 1 nitrogen and oxygen atoms in total. The molecule has 0 amide bonds. The first-order valence-electron chi connectivity index (χ1n) is 4.55. The van der Waals surface area contributed by atoms with E-state index in [1.807, 2.05) is 13.8 Å². The average Bonchev–Trinajstić information content (AvgIpc) is 2.40. The van der Waals surface area contributed by atoms with Crippen LogP contribution in [0.1, 0.15) is 34.1 Å². The fourth-order valence-electron chi connectivity index (χ4n) is 1.31. The zero-order valence-electron chi connectivity index (χ0n) is 7.85. The largest absolute Gasteiger partial charge is 0.303 e. The maximum atomic E-state index is 2.50. The maximum Gasteiger partial charge on any atom is 0.000738 e. The molecular weight excluding hydrogens is 122 g/mol. The lowest BCUT2D eigenvalue weighted by Gasteiger charge is -2.09. The lowest BCUT2D eigenvalue weighted by Crippen LogP contribution is -2.18. The number of nitrogens with zero attached hydrogens (tertiary/aromatic N) is 1.